The van der Waals surface area contributed by atoms with Crippen LogP contribution >= 0.6 is 0 Å². The number of benzene rings is 7. The molecular weight excluding hydrogens is 683 g/mol. The summed E-state index contributed by atoms with van der Waals surface area (Å²) in [5.41, 5.74) is 15.8. The van der Waals surface area contributed by atoms with Gasteiger partial charge in [-0.05, 0) is 81.9 Å². The number of fused-ring (bicyclic) bond motifs is 4. The van der Waals surface area contributed by atoms with Gasteiger partial charge in [-0.3, -0.25) is 0 Å². The highest BCUT2D eigenvalue weighted by Gasteiger charge is 2.21. The van der Waals surface area contributed by atoms with Crippen LogP contribution in [0.5, 0.6) is 0 Å². The first-order valence-electron chi connectivity index (χ1n) is 18.7. The summed E-state index contributed by atoms with van der Waals surface area (Å²) >= 11 is 0. The number of hydrogen-bond donors (Lipinski definition) is 0. The summed E-state index contributed by atoms with van der Waals surface area (Å²) in [4.78, 5) is 10.2. The van der Waals surface area contributed by atoms with E-state index >= 15 is 0 Å². The fourth-order valence-electron chi connectivity index (χ4n) is 7.87. The third-order valence-corrected chi connectivity index (χ3v) is 10.6. The summed E-state index contributed by atoms with van der Waals surface area (Å²) < 4.78 is 8.85. The van der Waals surface area contributed by atoms with Crippen LogP contribution in [-0.2, 0) is 0 Å². The first-order chi connectivity index (χ1) is 27.7. The van der Waals surface area contributed by atoms with Gasteiger partial charge in [-0.2, -0.15) is 0 Å². The molecule has 0 saturated carbocycles. The van der Waals surface area contributed by atoms with Crippen LogP contribution in [-0.4, -0.2) is 14.5 Å². The first-order valence-corrected chi connectivity index (χ1v) is 18.7. The molecule has 10 rings (SSSR count). The summed E-state index contributed by atoms with van der Waals surface area (Å²) in [6.07, 6.45) is 3.88. The molecule has 0 aliphatic heterocycles. The molecule has 10 aromatic rings. The molecule has 7 aromatic carbocycles. The van der Waals surface area contributed by atoms with Crippen molar-refractivity contribution in [3.05, 3.63) is 200 Å². The van der Waals surface area contributed by atoms with Gasteiger partial charge in [0.05, 0.1) is 11.2 Å². The molecule has 3 heterocycles. The third kappa shape index (κ3) is 5.64. The second-order valence-corrected chi connectivity index (χ2v) is 13.9. The van der Waals surface area contributed by atoms with E-state index in [0.29, 0.717) is 11.4 Å². The Morgan fingerprint density at radius 1 is 0.464 bits per heavy atom. The molecule has 0 saturated heterocycles. The standard InChI is InChI=1S/C52H35N3O/c1-3-43-44-32-38(25-27-47(44)55(46(43)4-2)42-30-40(34-17-9-5-10-18-34)29-41(31-42)35-19-11-6-12-20-35)39-26-28-48-45(33-39)50-51(56-48)49(36-21-13-7-14-22-36)53-52(54-50)37-23-15-8-16-24-37/h3-33H,1-2H2. The zero-order chi connectivity index (χ0) is 37.6. The van der Waals surface area contributed by atoms with Crippen molar-refractivity contribution < 1.29 is 4.42 Å². The Labute approximate surface area is 325 Å². The van der Waals surface area contributed by atoms with Gasteiger partial charge in [0.2, 0.25) is 0 Å². The second kappa shape index (κ2) is 13.7. The highest BCUT2D eigenvalue weighted by molar-refractivity contribution is 6.08. The molecule has 0 bridgehead atoms. The quantitative estimate of drug-likeness (QED) is 0.157. The van der Waals surface area contributed by atoms with Crippen molar-refractivity contribution >= 4 is 45.1 Å². The molecule has 0 amide bonds. The van der Waals surface area contributed by atoms with Crippen molar-refractivity contribution in [1.29, 1.82) is 0 Å². The predicted molar refractivity (Wildman–Crippen MR) is 234 cm³/mol. The Bertz CT molecular complexity index is 3030. The van der Waals surface area contributed by atoms with Crippen LogP contribution < -0.4 is 0 Å². The molecule has 0 aliphatic rings. The lowest BCUT2D eigenvalue weighted by Crippen LogP contribution is -1.98. The molecule has 4 nitrogen and oxygen atoms in total. The fraction of sp³-hybridized carbons (Fsp3) is 0. The van der Waals surface area contributed by atoms with Crippen molar-refractivity contribution in [1.82, 2.24) is 14.5 Å². The van der Waals surface area contributed by atoms with Gasteiger partial charge in [0.15, 0.2) is 11.4 Å². The Kier molecular flexibility index (Phi) is 8.08. The van der Waals surface area contributed by atoms with Gasteiger partial charge in [0.25, 0.3) is 0 Å². The van der Waals surface area contributed by atoms with Crippen molar-refractivity contribution in [2.24, 2.45) is 0 Å². The van der Waals surface area contributed by atoms with Gasteiger partial charge >= 0.3 is 0 Å². The number of hydrogen-bond acceptors (Lipinski definition) is 3. The predicted octanol–water partition coefficient (Wildman–Crippen LogP) is 13.9. The highest BCUT2D eigenvalue weighted by atomic mass is 16.3. The fourth-order valence-corrected chi connectivity index (χ4v) is 7.87. The maximum Gasteiger partial charge on any atom is 0.180 e. The lowest BCUT2D eigenvalue weighted by Gasteiger charge is -2.15. The highest BCUT2D eigenvalue weighted by Crippen LogP contribution is 2.40. The number of rotatable bonds is 8. The molecule has 264 valence electrons. The number of aromatic nitrogens is 3. The lowest BCUT2D eigenvalue weighted by atomic mass is 9.98. The molecule has 0 spiro atoms. The maximum absolute atomic E-state index is 6.54. The van der Waals surface area contributed by atoms with Gasteiger partial charge in [0, 0.05) is 33.2 Å². The van der Waals surface area contributed by atoms with Gasteiger partial charge in [-0.15, -0.1) is 0 Å². The minimum Gasteiger partial charge on any atom is -0.452 e. The summed E-state index contributed by atoms with van der Waals surface area (Å²) in [5.74, 6) is 0.659. The van der Waals surface area contributed by atoms with E-state index in [2.05, 4.69) is 139 Å². The Morgan fingerprint density at radius 2 is 1.02 bits per heavy atom. The SMILES string of the molecule is C=Cc1c(C=C)n(-c2cc(-c3ccccc3)cc(-c3ccccc3)c2)c2ccc(-c3ccc4oc5c(-c6ccccc6)nc(-c6ccccc6)nc5c4c3)cc12. The molecular formula is C52H35N3O. The second-order valence-electron chi connectivity index (χ2n) is 13.9. The first kappa shape index (κ1) is 33.0. The molecule has 0 N–H and O–H groups in total. The van der Waals surface area contributed by atoms with Crippen molar-refractivity contribution in [2.45, 2.75) is 0 Å². The normalized spacial score (nSPS) is 11.4. The minimum atomic E-state index is 0.659. The molecule has 56 heavy (non-hydrogen) atoms. The van der Waals surface area contributed by atoms with E-state index < -0.39 is 0 Å². The zero-order valence-electron chi connectivity index (χ0n) is 30.6. The van der Waals surface area contributed by atoms with E-state index in [0.717, 1.165) is 94.5 Å². The third-order valence-electron chi connectivity index (χ3n) is 10.6. The molecule has 0 radical (unpaired) electrons. The van der Waals surface area contributed by atoms with E-state index in [1.165, 1.54) is 0 Å². The number of nitrogens with zero attached hydrogens (tertiary/aromatic N) is 3. The lowest BCUT2D eigenvalue weighted by molar-refractivity contribution is 0.667. The van der Waals surface area contributed by atoms with Crippen LogP contribution in [0.15, 0.2) is 193 Å². The van der Waals surface area contributed by atoms with Crippen molar-refractivity contribution in [3.8, 4) is 61.7 Å². The van der Waals surface area contributed by atoms with Crippen LogP contribution in [0, 0.1) is 0 Å². The molecule has 0 atom stereocenters. The summed E-state index contributed by atoms with van der Waals surface area (Å²) in [5, 5.41) is 2.03. The topological polar surface area (TPSA) is 43.9 Å². The zero-order valence-corrected chi connectivity index (χ0v) is 30.6. The van der Waals surface area contributed by atoms with Crippen molar-refractivity contribution in [2.75, 3.05) is 0 Å². The van der Waals surface area contributed by atoms with Gasteiger partial charge in [0.1, 0.15) is 16.8 Å². The van der Waals surface area contributed by atoms with Crippen LogP contribution in [0.25, 0.3) is 107 Å². The van der Waals surface area contributed by atoms with Crippen LogP contribution in [0.4, 0.5) is 0 Å². The van der Waals surface area contributed by atoms with E-state index in [4.69, 9.17) is 14.4 Å². The molecule has 3 aromatic heterocycles. The van der Waals surface area contributed by atoms with Gasteiger partial charge in [-0.1, -0.05) is 153 Å². The van der Waals surface area contributed by atoms with Crippen LogP contribution in [0.2, 0.25) is 0 Å². The van der Waals surface area contributed by atoms with E-state index in [1.807, 2.05) is 66.7 Å². The number of furan rings is 1. The van der Waals surface area contributed by atoms with Gasteiger partial charge < -0.3 is 8.98 Å². The maximum atomic E-state index is 6.54. The average molecular weight is 718 g/mol. The summed E-state index contributed by atoms with van der Waals surface area (Å²) in [6, 6.07) is 61.2. The Balaban J connectivity index is 1.15. The van der Waals surface area contributed by atoms with E-state index in [1.54, 1.807) is 0 Å². The van der Waals surface area contributed by atoms with Crippen LogP contribution in [0.3, 0.4) is 0 Å². The van der Waals surface area contributed by atoms with Crippen molar-refractivity contribution in [3.63, 3.8) is 0 Å². The summed E-state index contributed by atoms with van der Waals surface area (Å²) in [7, 11) is 0. The van der Waals surface area contributed by atoms with E-state index in [9.17, 15) is 0 Å². The van der Waals surface area contributed by atoms with Gasteiger partial charge in [-0.25, -0.2) is 9.97 Å². The largest absolute Gasteiger partial charge is 0.452 e. The Hall–Kier alpha value is -7.56. The molecule has 4 heteroatoms. The average Bonchev–Trinajstić information content (AvgIpc) is 3.81. The van der Waals surface area contributed by atoms with E-state index in [-0.39, 0.29) is 0 Å². The molecule has 0 fully saturated rings. The molecule has 0 aliphatic carbocycles. The smallest absolute Gasteiger partial charge is 0.180 e. The van der Waals surface area contributed by atoms with Crippen LogP contribution in [0.1, 0.15) is 11.3 Å². The summed E-state index contributed by atoms with van der Waals surface area (Å²) in [6.45, 7) is 8.56. The Morgan fingerprint density at radius 3 is 1.61 bits per heavy atom. The minimum absolute atomic E-state index is 0.659. The molecule has 0 unspecified atom stereocenters. The monoisotopic (exact) mass is 717 g/mol.